The van der Waals surface area contributed by atoms with Crippen LogP contribution in [0.3, 0.4) is 0 Å². The molecule has 0 unspecified atom stereocenters. The third kappa shape index (κ3) is 2.46. The number of aryl methyl sites for hydroxylation is 3. The first-order valence-corrected chi connectivity index (χ1v) is 10.6. The lowest BCUT2D eigenvalue weighted by Gasteiger charge is -2.37. The summed E-state index contributed by atoms with van der Waals surface area (Å²) in [5, 5.41) is 1.18. The molecule has 0 N–H and O–H groups in total. The van der Waals surface area contributed by atoms with E-state index in [1.54, 1.807) is 12.1 Å². The van der Waals surface area contributed by atoms with Gasteiger partial charge in [-0.3, -0.25) is 4.79 Å². The van der Waals surface area contributed by atoms with Gasteiger partial charge in [-0.25, -0.2) is 0 Å². The van der Waals surface area contributed by atoms with Gasteiger partial charge in [0, 0.05) is 46.9 Å². The van der Waals surface area contributed by atoms with E-state index in [-0.39, 0.29) is 5.43 Å². The second-order valence-electron chi connectivity index (χ2n) is 8.38. The van der Waals surface area contributed by atoms with Gasteiger partial charge in [0.2, 0.25) is 0 Å². The molecule has 0 atom stereocenters. The van der Waals surface area contributed by atoms with Crippen LogP contribution in [-0.2, 0) is 12.8 Å². The summed E-state index contributed by atoms with van der Waals surface area (Å²) in [6.45, 7) is 4.42. The van der Waals surface area contributed by atoms with E-state index in [2.05, 4.69) is 42.2 Å². The van der Waals surface area contributed by atoms with Gasteiger partial charge in [-0.2, -0.15) is 0 Å². The Morgan fingerprint density at radius 1 is 0.931 bits per heavy atom. The molecule has 3 aliphatic heterocycles. The number of rotatable bonds is 1. The Bertz CT molecular complexity index is 1300. The van der Waals surface area contributed by atoms with Crippen molar-refractivity contribution in [3.63, 3.8) is 0 Å². The van der Waals surface area contributed by atoms with Crippen molar-refractivity contribution >= 4 is 16.7 Å². The summed E-state index contributed by atoms with van der Waals surface area (Å²) in [4.78, 5) is 14.7. The lowest BCUT2D eigenvalue weighted by molar-refractivity contribution is 0.595. The minimum absolute atomic E-state index is 0.00966. The van der Waals surface area contributed by atoms with Crippen LogP contribution in [0.5, 0.6) is 0 Å². The maximum atomic E-state index is 12.1. The fourth-order valence-electron chi connectivity index (χ4n) is 5.33. The monoisotopic (exact) mass is 381 g/mol. The molecule has 2 aromatic carbocycles. The van der Waals surface area contributed by atoms with E-state index in [9.17, 15) is 4.79 Å². The van der Waals surface area contributed by atoms with Crippen LogP contribution in [0.2, 0.25) is 0 Å². The normalized spacial score (nSPS) is 15.7. The molecule has 0 amide bonds. The molecule has 0 saturated carbocycles. The highest BCUT2D eigenvalue weighted by atomic mass is 16.3. The maximum Gasteiger partial charge on any atom is 0.182 e. The van der Waals surface area contributed by atoms with Crippen molar-refractivity contribution in [3.8, 4) is 22.5 Å². The fraction of sp³-hybridized carbons (Fsp3) is 0.269. The minimum Gasteiger partial charge on any atom is -0.456 e. The van der Waals surface area contributed by atoms with E-state index >= 15 is 0 Å². The van der Waals surface area contributed by atoms with Crippen LogP contribution in [-0.4, -0.2) is 13.1 Å². The SMILES string of the molecule is Cc1ccccc1-c1c2ccc(=O)cc-2oc2c3c4c(cc12)CCCN4CCC3. The molecule has 144 valence electrons. The van der Waals surface area contributed by atoms with Crippen molar-refractivity contribution in [2.75, 3.05) is 18.0 Å². The van der Waals surface area contributed by atoms with Crippen molar-refractivity contribution < 1.29 is 4.42 Å². The van der Waals surface area contributed by atoms with Gasteiger partial charge < -0.3 is 9.32 Å². The average molecular weight is 381 g/mol. The number of fused-ring (bicyclic) bond motifs is 3. The predicted octanol–water partition coefficient (Wildman–Crippen LogP) is 5.57. The van der Waals surface area contributed by atoms with Crippen LogP contribution in [0.1, 0.15) is 29.5 Å². The van der Waals surface area contributed by atoms with Gasteiger partial charge in [0.15, 0.2) is 5.43 Å². The minimum atomic E-state index is -0.00966. The molecular weight excluding hydrogens is 358 g/mol. The quantitative estimate of drug-likeness (QED) is 0.404. The first kappa shape index (κ1) is 16.8. The first-order chi connectivity index (χ1) is 14.2. The molecule has 3 heteroatoms. The summed E-state index contributed by atoms with van der Waals surface area (Å²) < 4.78 is 6.47. The van der Waals surface area contributed by atoms with Gasteiger partial charge in [-0.05, 0) is 67.5 Å². The van der Waals surface area contributed by atoms with Crippen LogP contribution >= 0.6 is 0 Å². The zero-order valence-corrected chi connectivity index (χ0v) is 16.6. The van der Waals surface area contributed by atoms with Crippen molar-refractivity contribution in [1.82, 2.24) is 0 Å². The average Bonchev–Trinajstić information content (AvgIpc) is 2.74. The Morgan fingerprint density at radius 3 is 2.62 bits per heavy atom. The number of hydrogen-bond donors (Lipinski definition) is 0. The van der Waals surface area contributed by atoms with Crippen LogP contribution in [0.4, 0.5) is 5.69 Å². The molecule has 0 bridgehead atoms. The number of benzene rings is 3. The molecular formula is C26H23NO2. The number of hydrogen-bond acceptors (Lipinski definition) is 3. The molecule has 0 spiro atoms. The second kappa shape index (κ2) is 6.21. The first-order valence-electron chi connectivity index (χ1n) is 10.6. The van der Waals surface area contributed by atoms with Crippen molar-refractivity contribution in [2.24, 2.45) is 0 Å². The topological polar surface area (TPSA) is 33.5 Å². The Balaban J connectivity index is 1.82. The molecule has 3 nitrogen and oxygen atoms in total. The van der Waals surface area contributed by atoms with E-state index in [4.69, 9.17) is 4.42 Å². The molecule has 1 aliphatic carbocycles. The van der Waals surface area contributed by atoms with E-state index in [0.29, 0.717) is 5.76 Å². The molecule has 29 heavy (non-hydrogen) atoms. The molecule has 3 heterocycles. The third-order valence-corrected chi connectivity index (χ3v) is 6.59. The van der Waals surface area contributed by atoms with E-state index in [1.807, 2.05) is 6.07 Å². The number of nitrogens with zero attached hydrogens (tertiary/aromatic N) is 1. The van der Waals surface area contributed by atoms with Crippen LogP contribution in [0.25, 0.3) is 33.4 Å². The summed E-state index contributed by atoms with van der Waals surface area (Å²) in [5.41, 5.74) is 9.79. The summed E-state index contributed by atoms with van der Waals surface area (Å²) in [5.74, 6) is 0.687. The zero-order valence-electron chi connectivity index (χ0n) is 16.6. The largest absolute Gasteiger partial charge is 0.456 e. The lowest BCUT2D eigenvalue weighted by Crippen LogP contribution is -2.34. The Labute approximate surface area is 169 Å². The molecule has 0 radical (unpaired) electrons. The molecule has 0 aromatic heterocycles. The fourth-order valence-corrected chi connectivity index (χ4v) is 5.33. The molecule has 6 rings (SSSR count). The van der Waals surface area contributed by atoms with Crippen molar-refractivity contribution in [3.05, 3.63) is 75.4 Å². The van der Waals surface area contributed by atoms with E-state index < -0.39 is 0 Å². The molecule has 2 aromatic rings. The lowest BCUT2D eigenvalue weighted by atomic mass is 9.85. The Morgan fingerprint density at radius 2 is 1.76 bits per heavy atom. The van der Waals surface area contributed by atoms with Gasteiger partial charge >= 0.3 is 0 Å². The summed E-state index contributed by atoms with van der Waals surface area (Å²) in [6.07, 6.45) is 4.53. The Hall–Kier alpha value is -3.07. The highest BCUT2D eigenvalue weighted by Gasteiger charge is 2.29. The summed E-state index contributed by atoms with van der Waals surface area (Å²) in [6, 6.07) is 16.1. The van der Waals surface area contributed by atoms with Crippen molar-refractivity contribution in [2.45, 2.75) is 32.6 Å². The smallest absolute Gasteiger partial charge is 0.182 e. The van der Waals surface area contributed by atoms with Crippen LogP contribution in [0, 0.1) is 6.92 Å². The van der Waals surface area contributed by atoms with Gasteiger partial charge in [0.1, 0.15) is 11.3 Å². The highest BCUT2D eigenvalue weighted by molar-refractivity contribution is 6.05. The Kier molecular flexibility index (Phi) is 3.61. The second-order valence-corrected chi connectivity index (χ2v) is 8.38. The number of anilines is 1. The van der Waals surface area contributed by atoms with E-state index in [0.717, 1.165) is 43.5 Å². The molecule has 0 saturated heterocycles. The van der Waals surface area contributed by atoms with Gasteiger partial charge in [-0.1, -0.05) is 24.3 Å². The summed E-state index contributed by atoms with van der Waals surface area (Å²) in [7, 11) is 0. The zero-order chi connectivity index (χ0) is 19.5. The van der Waals surface area contributed by atoms with Crippen LogP contribution < -0.4 is 10.3 Å². The molecule has 4 aliphatic rings. The third-order valence-electron chi connectivity index (χ3n) is 6.59. The van der Waals surface area contributed by atoms with Gasteiger partial charge in [-0.15, -0.1) is 0 Å². The van der Waals surface area contributed by atoms with Crippen LogP contribution in [0.15, 0.2) is 57.7 Å². The predicted molar refractivity (Wildman–Crippen MR) is 118 cm³/mol. The molecule has 0 fully saturated rings. The maximum absolute atomic E-state index is 12.1. The van der Waals surface area contributed by atoms with Gasteiger partial charge in [0.05, 0.1) is 0 Å². The van der Waals surface area contributed by atoms with Crippen molar-refractivity contribution in [1.29, 1.82) is 0 Å². The van der Waals surface area contributed by atoms with Gasteiger partial charge in [0.25, 0.3) is 0 Å². The summed E-state index contributed by atoms with van der Waals surface area (Å²) >= 11 is 0. The van der Waals surface area contributed by atoms with E-state index in [1.165, 1.54) is 45.3 Å². The standard InChI is InChI=1S/C26H23NO2/c1-16-6-2-3-8-19(16)24-20-11-10-18(28)15-23(20)29-26-21-9-5-13-27-12-4-7-17(25(21)27)14-22(24)26/h2-3,6,8,10-11,14-15H,4-5,7,9,12-13H2,1H3. The highest BCUT2D eigenvalue weighted by Crippen LogP contribution is 2.47.